The quantitative estimate of drug-likeness (QED) is 0.386. The summed E-state index contributed by atoms with van der Waals surface area (Å²) in [4.78, 5) is 31.3. The maximum absolute atomic E-state index is 13.0. The first-order valence-corrected chi connectivity index (χ1v) is 11.8. The van der Waals surface area contributed by atoms with Gasteiger partial charge in [0.15, 0.2) is 6.29 Å². The number of alkyl halides is 3. The van der Waals surface area contributed by atoms with Crippen molar-refractivity contribution in [2.24, 2.45) is 11.8 Å². The molecule has 192 valence electrons. The lowest BCUT2D eigenvalue weighted by Gasteiger charge is -2.19. The second-order valence-corrected chi connectivity index (χ2v) is 9.38. The molecule has 8 nitrogen and oxygen atoms in total. The summed E-state index contributed by atoms with van der Waals surface area (Å²) in [6.45, 7) is 3.72. The number of carbonyl (C=O) groups excluding carboxylic acids is 2. The van der Waals surface area contributed by atoms with Gasteiger partial charge >= 0.3 is 12.1 Å². The van der Waals surface area contributed by atoms with Crippen molar-refractivity contribution in [2.75, 3.05) is 26.7 Å². The van der Waals surface area contributed by atoms with Gasteiger partial charge in [-0.25, -0.2) is 9.50 Å². The van der Waals surface area contributed by atoms with Gasteiger partial charge in [-0.05, 0) is 54.8 Å². The Morgan fingerprint density at radius 2 is 1.89 bits per heavy atom. The van der Waals surface area contributed by atoms with E-state index in [9.17, 15) is 22.8 Å². The molecule has 1 saturated carbocycles. The Hall–Kier alpha value is -3.34. The third kappa shape index (κ3) is 6.07. The fraction of sp³-hybridized carbons (Fsp3) is 0.480. The molecule has 0 spiro atoms. The molecule has 0 N–H and O–H groups in total. The van der Waals surface area contributed by atoms with Gasteiger partial charge in [0.1, 0.15) is 0 Å². The normalized spacial score (nSPS) is 21.6. The van der Waals surface area contributed by atoms with E-state index in [0.29, 0.717) is 35.9 Å². The molecule has 0 radical (unpaired) electrons. The molecule has 0 bridgehead atoms. The van der Waals surface area contributed by atoms with Crippen LogP contribution < -0.4 is 0 Å². The number of rotatable bonds is 5. The first-order valence-electron chi connectivity index (χ1n) is 11.8. The maximum Gasteiger partial charge on any atom is 0.416 e. The van der Waals surface area contributed by atoms with Crippen molar-refractivity contribution < 1.29 is 27.5 Å². The third-order valence-electron chi connectivity index (χ3n) is 6.70. The van der Waals surface area contributed by atoms with Crippen LogP contribution in [0.3, 0.4) is 0 Å². The van der Waals surface area contributed by atoms with E-state index in [1.165, 1.54) is 23.6 Å². The Morgan fingerprint density at radius 3 is 2.53 bits per heavy atom. The Kier molecular flexibility index (Phi) is 7.67. The summed E-state index contributed by atoms with van der Waals surface area (Å²) >= 11 is 0. The lowest BCUT2D eigenvalue weighted by atomic mass is 9.91. The van der Waals surface area contributed by atoms with Crippen LogP contribution in [-0.4, -0.2) is 63.5 Å². The summed E-state index contributed by atoms with van der Waals surface area (Å²) < 4.78 is 45.4. The Bertz CT molecular complexity index is 1220. The average Bonchev–Trinajstić information content (AvgIpc) is 3.50. The molecular weight excluding hydrogens is 475 g/mol. The van der Waals surface area contributed by atoms with E-state index in [2.05, 4.69) is 27.0 Å². The summed E-state index contributed by atoms with van der Waals surface area (Å²) in [5.74, 6) is 1.38. The van der Waals surface area contributed by atoms with Crippen molar-refractivity contribution in [1.82, 2.24) is 24.5 Å². The van der Waals surface area contributed by atoms with Gasteiger partial charge in [-0.2, -0.15) is 18.2 Å². The van der Waals surface area contributed by atoms with Crippen LogP contribution in [0.5, 0.6) is 0 Å². The van der Waals surface area contributed by atoms with Gasteiger partial charge in [-0.1, -0.05) is 18.2 Å². The van der Waals surface area contributed by atoms with Crippen LogP contribution in [0.15, 0.2) is 36.7 Å². The first kappa shape index (κ1) is 25.7. The fourth-order valence-electron chi connectivity index (χ4n) is 5.23. The van der Waals surface area contributed by atoms with E-state index in [1.54, 1.807) is 24.5 Å². The van der Waals surface area contributed by atoms with Gasteiger partial charge in [0.25, 0.3) is 5.78 Å². The number of carbonyl (C=O) groups is 2. The van der Waals surface area contributed by atoms with E-state index < -0.39 is 11.7 Å². The van der Waals surface area contributed by atoms with Crippen LogP contribution in [-0.2, 0) is 22.1 Å². The van der Waals surface area contributed by atoms with Crippen molar-refractivity contribution in [2.45, 2.75) is 38.3 Å². The Balaban J connectivity index is 0.000000170. The van der Waals surface area contributed by atoms with Crippen LogP contribution in [0, 0.1) is 11.8 Å². The number of ether oxygens (including phenoxy) is 1. The lowest BCUT2D eigenvalue weighted by Crippen LogP contribution is -2.17. The fourth-order valence-corrected chi connectivity index (χ4v) is 5.23. The molecular formula is C25H28F3N5O3. The number of benzene rings is 1. The summed E-state index contributed by atoms with van der Waals surface area (Å²) in [5.41, 5.74) is 0.918. The summed E-state index contributed by atoms with van der Waals surface area (Å²) in [5, 5.41) is 3.90. The highest BCUT2D eigenvalue weighted by Gasteiger charge is 2.43. The number of fused-ring (bicyclic) bond motifs is 2. The number of esters is 1. The van der Waals surface area contributed by atoms with E-state index in [4.69, 9.17) is 4.74 Å². The minimum Gasteiger partial charge on any atom is -0.466 e. The molecule has 11 heteroatoms. The standard InChI is InChI=1S/C15H18F3N.C10H10N4O3/c1-19-8-11-6-10(7-12(11)9-19)13-4-2-3-5-14(13)15(16,17)18;1-7(16)17-3-2-8-4-11-10-12-9(6-15)13-14(10)5-8/h2-5,10-12H,6-9H2,1H3;4-6H,2-3H2,1H3/t10?,11-,12?;/m1./s1. The van der Waals surface area contributed by atoms with Gasteiger partial charge in [-0.15, -0.1) is 5.10 Å². The molecule has 1 aliphatic heterocycles. The van der Waals surface area contributed by atoms with Crippen molar-refractivity contribution >= 4 is 18.0 Å². The zero-order chi connectivity index (χ0) is 25.9. The van der Waals surface area contributed by atoms with E-state index >= 15 is 0 Å². The van der Waals surface area contributed by atoms with E-state index in [-0.39, 0.29) is 24.3 Å². The van der Waals surface area contributed by atoms with Crippen LogP contribution in [0.2, 0.25) is 0 Å². The topological polar surface area (TPSA) is 89.7 Å². The molecule has 1 aliphatic carbocycles. The second kappa shape index (κ2) is 10.7. The van der Waals surface area contributed by atoms with Crippen molar-refractivity contribution in [3.05, 3.63) is 59.2 Å². The van der Waals surface area contributed by atoms with Crippen LogP contribution in [0.25, 0.3) is 5.78 Å². The SMILES string of the molecule is CC(=O)OCCc1cnc2nc(C=O)nn2c1.CN1CC2CC(c3ccccc3C(F)(F)F)C[C@@H]2C1. The van der Waals surface area contributed by atoms with Crippen LogP contribution in [0.4, 0.5) is 13.2 Å². The van der Waals surface area contributed by atoms with Crippen molar-refractivity contribution in [1.29, 1.82) is 0 Å². The highest BCUT2D eigenvalue weighted by atomic mass is 19.4. The molecule has 3 aromatic rings. The average molecular weight is 504 g/mol. The molecule has 0 amide bonds. The lowest BCUT2D eigenvalue weighted by molar-refractivity contribution is -0.141. The number of halogens is 3. The summed E-state index contributed by atoms with van der Waals surface area (Å²) in [7, 11) is 2.09. The van der Waals surface area contributed by atoms with Crippen LogP contribution in [0.1, 0.15) is 53.0 Å². The number of hydrogen-bond donors (Lipinski definition) is 0. The number of hydrogen-bond acceptors (Lipinski definition) is 7. The third-order valence-corrected chi connectivity index (χ3v) is 6.70. The zero-order valence-corrected chi connectivity index (χ0v) is 20.1. The van der Waals surface area contributed by atoms with Crippen molar-refractivity contribution in [3.8, 4) is 0 Å². The van der Waals surface area contributed by atoms with Gasteiger partial charge in [0.05, 0.1) is 12.2 Å². The molecule has 2 unspecified atom stereocenters. The molecule has 1 saturated heterocycles. The van der Waals surface area contributed by atoms with E-state index in [0.717, 1.165) is 31.5 Å². The van der Waals surface area contributed by atoms with Gasteiger partial charge in [0, 0.05) is 38.8 Å². The highest BCUT2D eigenvalue weighted by Crippen LogP contribution is 2.48. The molecule has 3 heterocycles. The van der Waals surface area contributed by atoms with Gasteiger partial charge in [0.2, 0.25) is 5.82 Å². The second-order valence-electron chi connectivity index (χ2n) is 9.38. The molecule has 36 heavy (non-hydrogen) atoms. The molecule has 5 rings (SSSR count). The minimum atomic E-state index is -4.23. The molecule has 1 aromatic carbocycles. The van der Waals surface area contributed by atoms with Gasteiger partial charge in [-0.3, -0.25) is 9.59 Å². The van der Waals surface area contributed by atoms with Crippen molar-refractivity contribution in [3.63, 3.8) is 0 Å². The molecule has 2 fully saturated rings. The largest absolute Gasteiger partial charge is 0.466 e. The number of aromatic nitrogens is 4. The molecule has 3 atom stereocenters. The summed E-state index contributed by atoms with van der Waals surface area (Å²) in [6, 6.07) is 6.09. The maximum atomic E-state index is 13.0. The monoisotopic (exact) mass is 503 g/mol. The smallest absolute Gasteiger partial charge is 0.416 e. The van der Waals surface area contributed by atoms with Crippen LogP contribution >= 0.6 is 0 Å². The van der Waals surface area contributed by atoms with Gasteiger partial charge < -0.3 is 9.64 Å². The number of likely N-dealkylation sites (tertiary alicyclic amines) is 1. The number of nitrogens with zero attached hydrogens (tertiary/aromatic N) is 5. The van der Waals surface area contributed by atoms with E-state index in [1.807, 2.05) is 0 Å². The zero-order valence-electron chi connectivity index (χ0n) is 20.1. The minimum absolute atomic E-state index is 0.0847. The molecule has 2 aliphatic rings. The number of aldehydes is 1. The Labute approximate surface area is 206 Å². The predicted octanol–water partition coefficient (Wildman–Crippen LogP) is 3.80. The predicted molar refractivity (Wildman–Crippen MR) is 124 cm³/mol. The summed E-state index contributed by atoms with van der Waals surface area (Å²) in [6.07, 6.45) is 2.00. The highest BCUT2D eigenvalue weighted by molar-refractivity contribution is 5.69. The first-order chi connectivity index (χ1) is 17.1. The molecule has 2 aromatic heterocycles. The Morgan fingerprint density at radius 1 is 1.19 bits per heavy atom.